The molecule has 1 saturated carbocycles. The predicted molar refractivity (Wildman–Crippen MR) is 63.0 cm³/mol. The van der Waals surface area contributed by atoms with Gasteiger partial charge in [0.2, 0.25) is 0 Å². The van der Waals surface area contributed by atoms with Gasteiger partial charge in [-0.15, -0.1) is 0 Å². The Labute approximate surface area is 94.0 Å². The summed E-state index contributed by atoms with van der Waals surface area (Å²) in [5.41, 5.74) is 0. The van der Waals surface area contributed by atoms with E-state index < -0.39 is 4.18 Å². The summed E-state index contributed by atoms with van der Waals surface area (Å²) in [5, 5.41) is 3.47. The lowest BCUT2D eigenvalue weighted by Gasteiger charge is -2.19. The molecule has 0 bridgehead atoms. The van der Waals surface area contributed by atoms with E-state index >= 15 is 0 Å². The minimum absolute atomic E-state index is 0.196. The van der Waals surface area contributed by atoms with E-state index in [9.17, 15) is 4.39 Å². The normalized spacial score (nSPS) is 23.3. The van der Waals surface area contributed by atoms with E-state index in [-0.39, 0.29) is 5.92 Å². The molecule has 0 saturated heterocycles. The van der Waals surface area contributed by atoms with Crippen LogP contribution in [-0.4, -0.2) is 16.8 Å². The largest absolute Gasteiger partial charge is 0.314 e. The second-order valence-corrected chi connectivity index (χ2v) is 5.08. The second-order valence-electron chi connectivity index (χ2n) is 3.89. The molecule has 0 aliphatic heterocycles. The van der Waals surface area contributed by atoms with Gasteiger partial charge in [0.15, 0.2) is 4.18 Å². The van der Waals surface area contributed by atoms with Crippen LogP contribution >= 0.6 is 22.6 Å². The summed E-state index contributed by atoms with van der Waals surface area (Å²) < 4.78 is 12.3. The summed E-state index contributed by atoms with van der Waals surface area (Å²) in [6.07, 6.45) is 6.20. The quantitative estimate of drug-likeness (QED) is 0.607. The van der Waals surface area contributed by atoms with Crippen LogP contribution in [0, 0.1) is 5.92 Å². The average molecular weight is 299 g/mol. The monoisotopic (exact) mass is 299 g/mol. The number of nitrogens with one attached hydrogen (secondary N) is 1. The van der Waals surface area contributed by atoms with E-state index in [1.807, 2.05) is 22.6 Å². The highest BCUT2D eigenvalue weighted by atomic mass is 127. The predicted octanol–water partition coefficient (Wildman–Crippen LogP) is 3.28. The van der Waals surface area contributed by atoms with Gasteiger partial charge in [0.1, 0.15) is 0 Å². The molecule has 1 aliphatic carbocycles. The van der Waals surface area contributed by atoms with Crippen molar-refractivity contribution in [3.63, 3.8) is 0 Å². The van der Waals surface area contributed by atoms with Gasteiger partial charge in [-0.2, -0.15) is 0 Å². The van der Waals surface area contributed by atoms with Crippen LogP contribution < -0.4 is 5.32 Å². The molecule has 1 rings (SSSR count). The van der Waals surface area contributed by atoms with E-state index in [0.29, 0.717) is 6.04 Å². The SMILES string of the molecule is CCC(CNC1CCCC1)C(F)I. The third kappa shape index (κ3) is 4.11. The van der Waals surface area contributed by atoms with Crippen LogP contribution in [0.2, 0.25) is 0 Å². The van der Waals surface area contributed by atoms with Crippen LogP contribution in [0.5, 0.6) is 0 Å². The zero-order chi connectivity index (χ0) is 9.68. The van der Waals surface area contributed by atoms with Crippen molar-refractivity contribution in [3.05, 3.63) is 0 Å². The molecule has 0 aromatic rings. The Morgan fingerprint density at radius 1 is 1.46 bits per heavy atom. The van der Waals surface area contributed by atoms with Crippen LogP contribution in [0.1, 0.15) is 39.0 Å². The van der Waals surface area contributed by atoms with Crippen molar-refractivity contribution in [3.8, 4) is 0 Å². The Bertz CT molecular complexity index is 135. The third-order valence-corrected chi connectivity index (χ3v) is 3.92. The minimum Gasteiger partial charge on any atom is -0.314 e. The molecule has 0 amide bonds. The topological polar surface area (TPSA) is 12.0 Å². The Morgan fingerprint density at radius 2 is 2.08 bits per heavy atom. The summed E-state index contributed by atoms with van der Waals surface area (Å²) in [4.78, 5) is 0. The molecule has 0 spiro atoms. The lowest BCUT2D eigenvalue weighted by atomic mass is 10.1. The summed E-state index contributed by atoms with van der Waals surface area (Å²) in [6, 6.07) is 0.671. The molecule has 2 atom stereocenters. The van der Waals surface area contributed by atoms with Gasteiger partial charge in [0.05, 0.1) is 0 Å². The molecule has 1 aliphatic rings. The maximum Gasteiger partial charge on any atom is 0.155 e. The lowest BCUT2D eigenvalue weighted by molar-refractivity contribution is 0.309. The highest BCUT2D eigenvalue weighted by molar-refractivity contribution is 14.1. The number of hydrogen-bond donors (Lipinski definition) is 1. The van der Waals surface area contributed by atoms with Gasteiger partial charge >= 0.3 is 0 Å². The second kappa shape index (κ2) is 6.17. The summed E-state index contributed by atoms with van der Waals surface area (Å²) in [7, 11) is 0. The molecule has 0 aromatic carbocycles. The Kier molecular flexibility index (Phi) is 5.55. The van der Waals surface area contributed by atoms with Crippen molar-refractivity contribution in [1.29, 1.82) is 0 Å². The molecule has 0 aromatic heterocycles. The molecule has 0 heterocycles. The minimum atomic E-state index is -0.698. The van der Waals surface area contributed by atoms with Gasteiger partial charge in [-0.1, -0.05) is 19.8 Å². The number of halogens is 2. The standard InChI is InChI=1S/C10H19FIN/c1-2-8(10(11)12)7-13-9-5-3-4-6-9/h8-10,13H,2-7H2,1H3. The van der Waals surface area contributed by atoms with Gasteiger partial charge < -0.3 is 5.32 Å². The molecule has 13 heavy (non-hydrogen) atoms. The zero-order valence-electron chi connectivity index (χ0n) is 8.23. The summed E-state index contributed by atoms with van der Waals surface area (Å²) >= 11 is 1.88. The van der Waals surface area contributed by atoms with Crippen LogP contribution in [0.25, 0.3) is 0 Å². The number of alkyl halides is 2. The fourth-order valence-corrected chi connectivity index (χ4v) is 2.62. The first-order valence-corrected chi connectivity index (χ1v) is 6.50. The van der Waals surface area contributed by atoms with Gasteiger partial charge in [-0.3, -0.25) is 0 Å². The smallest absolute Gasteiger partial charge is 0.155 e. The third-order valence-electron chi connectivity index (χ3n) is 2.90. The highest BCUT2D eigenvalue weighted by Gasteiger charge is 2.19. The van der Waals surface area contributed by atoms with Gasteiger partial charge in [0, 0.05) is 18.5 Å². The van der Waals surface area contributed by atoms with E-state index in [2.05, 4.69) is 12.2 Å². The maximum absolute atomic E-state index is 13.0. The first-order chi connectivity index (χ1) is 6.24. The van der Waals surface area contributed by atoms with Gasteiger partial charge in [0.25, 0.3) is 0 Å². The molecular formula is C10H19FIN. The first kappa shape index (κ1) is 11.7. The zero-order valence-corrected chi connectivity index (χ0v) is 10.4. The molecular weight excluding hydrogens is 280 g/mol. The van der Waals surface area contributed by atoms with Crippen LogP contribution in [0.15, 0.2) is 0 Å². The summed E-state index contributed by atoms with van der Waals surface area (Å²) in [6.45, 7) is 2.91. The van der Waals surface area contributed by atoms with Crippen LogP contribution in [0.4, 0.5) is 4.39 Å². The van der Waals surface area contributed by atoms with Crippen molar-refractivity contribution < 1.29 is 4.39 Å². The Balaban J connectivity index is 2.15. The van der Waals surface area contributed by atoms with Crippen molar-refractivity contribution in [2.45, 2.75) is 49.2 Å². The van der Waals surface area contributed by atoms with Crippen molar-refractivity contribution in [2.24, 2.45) is 5.92 Å². The summed E-state index contributed by atoms with van der Waals surface area (Å²) in [5.74, 6) is 0.196. The van der Waals surface area contributed by atoms with Gasteiger partial charge in [-0.25, -0.2) is 4.39 Å². The number of rotatable bonds is 5. The molecule has 3 heteroatoms. The van der Waals surface area contributed by atoms with E-state index in [1.165, 1.54) is 25.7 Å². The lowest BCUT2D eigenvalue weighted by Crippen LogP contribution is -2.33. The van der Waals surface area contributed by atoms with E-state index in [4.69, 9.17) is 0 Å². The molecule has 1 N–H and O–H groups in total. The molecule has 78 valence electrons. The maximum atomic E-state index is 13.0. The first-order valence-electron chi connectivity index (χ1n) is 5.25. The van der Waals surface area contributed by atoms with Crippen molar-refractivity contribution >= 4 is 22.6 Å². The average Bonchev–Trinajstić information content (AvgIpc) is 2.57. The Hall–Kier alpha value is 0.620. The van der Waals surface area contributed by atoms with Crippen molar-refractivity contribution in [1.82, 2.24) is 5.32 Å². The van der Waals surface area contributed by atoms with Crippen LogP contribution in [0.3, 0.4) is 0 Å². The van der Waals surface area contributed by atoms with E-state index in [0.717, 1.165) is 13.0 Å². The van der Waals surface area contributed by atoms with E-state index in [1.54, 1.807) is 0 Å². The fraction of sp³-hybridized carbons (Fsp3) is 1.00. The van der Waals surface area contributed by atoms with Gasteiger partial charge in [-0.05, 0) is 41.9 Å². The Morgan fingerprint density at radius 3 is 2.54 bits per heavy atom. The fourth-order valence-electron chi connectivity index (χ4n) is 1.86. The van der Waals surface area contributed by atoms with Crippen LogP contribution in [-0.2, 0) is 0 Å². The molecule has 1 nitrogen and oxygen atoms in total. The van der Waals surface area contributed by atoms with Crippen molar-refractivity contribution in [2.75, 3.05) is 6.54 Å². The number of hydrogen-bond acceptors (Lipinski definition) is 1. The molecule has 1 fully saturated rings. The molecule has 0 radical (unpaired) electrons. The highest BCUT2D eigenvalue weighted by Crippen LogP contribution is 2.21. The molecule has 2 unspecified atom stereocenters.